The first kappa shape index (κ1) is 14.8. The molecule has 124 valence electrons. The molecular weight excluding hydrogens is 288 g/mol. The molecule has 4 fully saturated rings. The van der Waals surface area contributed by atoms with Crippen molar-refractivity contribution in [2.24, 2.45) is 0 Å². The van der Waals surface area contributed by atoms with Crippen LogP contribution < -0.4 is 10.6 Å². The molecule has 2 bridgehead atoms. The summed E-state index contributed by atoms with van der Waals surface area (Å²) < 4.78 is 0. The van der Waals surface area contributed by atoms with Crippen molar-refractivity contribution in [2.45, 2.75) is 44.3 Å². The molecule has 1 aromatic carbocycles. The van der Waals surface area contributed by atoms with Gasteiger partial charge in [0.1, 0.15) is 0 Å². The summed E-state index contributed by atoms with van der Waals surface area (Å²) in [4.78, 5) is 18.8. The van der Waals surface area contributed by atoms with E-state index in [9.17, 15) is 4.79 Å². The van der Waals surface area contributed by atoms with Crippen LogP contribution in [-0.2, 0) is 4.79 Å². The van der Waals surface area contributed by atoms with E-state index in [1.807, 2.05) is 12.1 Å². The monoisotopic (exact) mass is 314 g/mol. The van der Waals surface area contributed by atoms with Crippen molar-refractivity contribution in [2.75, 3.05) is 36.8 Å². The van der Waals surface area contributed by atoms with Gasteiger partial charge in [-0.2, -0.15) is 0 Å². The number of hydrogen-bond donors (Lipinski definition) is 1. The van der Waals surface area contributed by atoms with Crippen molar-refractivity contribution < 1.29 is 4.79 Å². The zero-order chi connectivity index (χ0) is 16.0. The zero-order valence-electron chi connectivity index (χ0n) is 13.8. The summed E-state index contributed by atoms with van der Waals surface area (Å²) in [5.41, 5.74) is 7.88. The van der Waals surface area contributed by atoms with E-state index in [4.69, 9.17) is 5.73 Å². The summed E-state index contributed by atoms with van der Waals surface area (Å²) in [7, 11) is 0. The smallest absolute Gasteiger partial charge is 0.220 e. The Hall–Kier alpha value is -1.75. The van der Waals surface area contributed by atoms with Crippen LogP contribution in [0.1, 0.15) is 26.2 Å². The number of rotatable bonds is 2. The minimum absolute atomic E-state index is 0.254. The molecule has 23 heavy (non-hydrogen) atoms. The van der Waals surface area contributed by atoms with Gasteiger partial charge in [-0.25, -0.2) is 0 Å². The summed E-state index contributed by atoms with van der Waals surface area (Å²) in [6.45, 7) is 6.07. The lowest BCUT2D eigenvalue weighted by Gasteiger charge is -2.58. The molecule has 4 aliphatic rings. The Kier molecular flexibility index (Phi) is 3.68. The van der Waals surface area contributed by atoms with Crippen LogP contribution in [0.5, 0.6) is 0 Å². The summed E-state index contributed by atoms with van der Waals surface area (Å²) in [6, 6.07) is 9.83. The van der Waals surface area contributed by atoms with Crippen molar-refractivity contribution in [3.63, 3.8) is 0 Å². The minimum Gasteiger partial charge on any atom is -0.399 e. The van der Waals surface area contributed by atoms with Crippen LogP contribution in [0, 0.1) is 0 Å². The second kappa shape index (κ2) is 5.71. The molecule has 0 aromatic heterocycles. The quantitative estimate of drug-likeness (QED) is 0.842. The van der Waals surface area contributed by atoms with Gasteiger partial charge in [-0.15, -0.1) is 0 Å². The minimum atomic E-state index is 0.254. The summed E-state index contributed by atoms with van der Waals surface area (Å²) in [6.07, 6.45) is 3.63. The highest BCUT2D eigenvalue weighted by Gasteiger charge is 2.47. The van der Waals surface area contributed by atoms with Crippen molar-refractivity contribution in [1.82, 2.24) is 9.80 Å². The fraction of sp³-hybridized carbons (Fsp3) is 0.611. The van der Waals surface area contributed by atoms with Crippen LogP contribution in [0.25, 0.3) is 0 Å². The second-order valence-electron chi connectivity index (χ2n) is 7.23. The molecule has 5 rings (SSSR count). The van der Waals surface area contributed by atoms with E-state index in [1.165, 1.54) is 24.9 Å². The van der Waals surface area contributed by atoms with Gasteiger partial charge in [-0.05, 0) is 43.5 Å². The predicted octanol–water partition coefficient (Wildman–Crippen LogP) is 1.54. The van der Waals surface area contributed by atoms with E-state index in [-0.39, 0.29) is 5.91 Å². The molecular formula is C18H26N4O. The fourth-order valence-corrected chi connectivity index (χ4v) is 4.63. The molecule has 0 aliphatic carbocycles. The van der Waals surface area contributed by atoms with Gasteiger partial charge in [0.05, 0.1) is 0 Å². The number of nitrogens with two attached hydrogens (primary N) is 1. The van der Waals surface area contributed by atoms with Gasteiger partial charge in [-0.3, -0.25) is 9.69 Å². The van der Waals surface area contributed by atoms with Gasteiger partial charge in [0.2, 0.25) is 5.91 Å². The maximum Gasteiger partial charge on any atom is 0.220 e. The van der Waals surface area contributed by atoms with E-state index in [0.717, 1.165) is 31.9 Å². The van der Waals surface area contributed by atoms with Crippen molar-refractivity contribution in [1.29, 1.82) is 0 Å². The van der Waals surface area contributed by atoms with E-state index >= 15 is 0 Å². The number of nitrogens with zero attached hydrogens (tertiary/aromatic N) is 3. The maximum atomic E-state index is 11.6. The normalized spacial score (nSPS) is 28.6. The van der Waals surface area contributed by atoms with Crippen LogP contribution in [-0.4, -0.2) is 60.0 Å². The molecule has 5 nitrogen and oxygen atoms in total. The maximum absolute atomic E-state index is 11.6. The molecule has 4 heterocycles. The Morgan fingerprint density at radius 2 is 1.65 bits per heavy atom. The van der Waals surface area contributed by atoms with Crippen LogP contribution >= 0.6 is 0 Å². The lowest BCUT2D eigenvalue weighted by molar-refractivity contribution is -0.153. The van der Waals surface area contributed by atoms with Gasteiger partial charge in [-0.1, -0.05) is 0 Å². The third kappa shape index (κ3) is 2.67. The zero-order valence-corrected chi connectivity index (χ0v) is 13.8. The number of piperidine rings is 2. The number of amides is 1. The molecule has 4 aliphatic heterocycles. The summed E-state index contributed by atoms with van der Waals surface area (Å²) in [5, 5.41) is 0. The fourth-order valence-electron chi connectivity index (χ4n) is 4.63. The number of piperazine rings is 1. The van der Waals surface area contributed by atoms with Gasteiger partial charge in [0.25, 0.3) is 0 Å². The number of anilines is 2. The largest absolute Gasteiger partial charge is 0.399 e. The van der Waals surface area contributed by atoms with Crippen LogP contribution in [0.4, 0.5) is 11.4 Å². The number of nitrogen functional groups attached to an aromatic ring is 1. The average Bonchev–Trinajstić information content (AvgIpc) is 2.55. The standard InChI is InChI=1S/C18H26N4O/c1-13(23)22-17-10-18(22)12-21(11-17)16-6-8-20(9-7-16)15-4-2-14(19)3-5-15/h2-5,16-18H,6-12,19H2,1H3. The second-order valence-corrected chi connectivity index (χ2v) is 7.23. The number of hydrogen-bond acceptors (Lipinski definition) is 4. The molecule has 2 unspecified atom stereocenters. The molecule has 0 saturated carbocycles. The van der Waals surface area contributed by atoms with Gasteiger partial charge < -0.3 is 15.5 Å². The molecule has 0 radical (unpaired) electrons. The molecule has 0 spiro atoms. The third-order valence-corrected chi connectivity index (χ3v) is 5.82. The molecule has 1 amide bonds. The first-order valence-electron chi connectivity index (χ1n) is 8.75. The van der Waals surface area contributed by atoms with Crippen molar-refractivity contribution >= 4 is 17.3 Å². The predicted molar refractivity (Wildman–Crippen MR) is 92.4 cm³/mol. The number of benzene rings is 1. The lowest BCUT2D eigenvalue weighted by atomic mass is 9.85. The van der Waals surface area contributed by atoms with E-state index in [2.05, 4.69) is 26.8 Å². The number of carbonyl (C=O) groups is 1. The topological polar surface area (TPSA) is 52.8 Å². The molecule has 2 N–H and O–H groups in total. The van der Waals surface area contributed by atoms with Crippen LogP contribution in [0.2, 0.25) is 0 Å². The highest BCUT2D eigenvalue weighted by molar-refractivity contribution is 5.75. The first-order valence-corrected chi connectivity index (χ1v) is 8.75. The Labute approximate surface area is 138 Å². The van der Waals surface area contributed by atoms with E-state index in [0.29, 0.717) is 18.1 Å². The Bertz CT molecular complexity index is 567. The number of fused-ring (bicyclic) bond motifs is 2. The molecule has 2 atom stereocenters. The Morgan fingerprint density at radius 3 is 2.22 bits per heavy atom. The molecule has 4 saturated heterocycles. The highest BCUT2D eigenvalue weighted by Crippen LogP contribution is 2.35. The van der Waals surface area contributed by atoms with Gasteiger partial charge >= 0.3 is 0 Å². The average molecular weight is 314 g/mol. The van der Waals surface area contributed by atoms with Crippen molar-refractivity contribution in [3.8, 4) is 0 Å². The summed E-state index contributed by atoms with van der Waals surface area (Å²) >= 11 is 0. The Morgan fingerprint density at radius 1 is 1.04 bits per heavy atom. The van der Waals surface area contributed by atoms with Crippen molar-refractivity contribution in [3.05, 3.63) is 24.3 Å². The van der Waals surface area contributed by atoms with Crippen LogP contribution in [0.15, 0.2) is 24.3 Å². The van der Waals surface area contributed by atoms with E-state index < -0.39 is 0 Å². The van der Waals surface area contributed by atoms with Gasteiger partial charge in [0, 0.05) is 62.6 Å². The number of carbonyl (C=O) groups excluding carboxylic acids is 1. The van der Waals surface area contributed by atoms with E-state index in [1.54, 1.807) is 6.92 Å². The van der Waals surface area contributed by atoms with Gasteiger partial charge in [0.15, 0.2) is 0 Å². The summed E-state index contributed by atoms with van der Waals surface area (Å²) in [5.74, 6) is 0.254. The molecule has 5 heteroatoms. The van der Waals surface area contributed by atoms with Crippen LogP contribution in [0.3, 0.4) is 0 Å². The first-order chi connectivity index (χ1) is 11.1. The SMILES string of the molecule is CC(=O)N1C2CC1CN(C1CCN(c3ccc(N)cc3)CC1)C2. The molecule has 1 aromatic rings. The Balaban J connectivity index is 1.32. The highest BCUT2D eigenvalue weighted by atomic mass is 16.2. The third-order valence-electron chi connectivity index (χ3n) is 5.82. The lowest BCUT2D eigenvalue weighted by Crippen LogP contribution is -2.71.